The van der Waals surface area contributed by atoms with Crippen LogP contribution in [0.3, 0.4) is 0 Å². The van der Waals surface area contributed by atoms with Crippen LogP contribution in [0.4, 0.5) is 0 Å². The van der Waals surface area contributed by atoms with Gasteiger partial charge >= 0.3 is 0 Å². The number of carbonyl (C=O) groups excluding carboxylic acids is 1. The summed E-state index contributed by atoms with van der Waals surface area (Å²) in [4.78, 5) is 14.5. The van der Waals surface area contributed by atoms with Crippen molar-refractivity contribution in [3.8, 4) is 0 Å². The summed E-state index contributed by atoms with van der Waals surface area (Å²) in [6.07, 6.45) is 3.69. The van der Waals surface area contributed by atoms with Crippen molar-refractivity contribution in [3.05, 3.63) is 47.0 Å². The fourth-order valence-corrected chi connectivity index (χ4v) is 3.06. The zero-order valence-corrected chi connectivity index (χ0v) is 12.6. The molecule has 0 N–H and O–H groups in total. The number of rotatable bonds is 2. The van der Waals surface area contributed by atoms with Crippen molar-refractivity contribution in [2.45, 2.75) is 18.8 Å². The van der Waals surface area contributed by atoms with Gasteiger partial charge in [0.05, 0.1) is 10.6 Å². The molecule has 0 unspecified atom stereocenters. The van der Waals surface area contributed by atoms with Gasteiger partial charge in [0.2, 0.25) is 0 Å². The van der Waals surface area contributed by atoms with Gasteiger partial charge in [0.15, 0.2) is 0 Å². The van der Waals surface area contributed by atoms with Crippen molar-refractivity contribution in [1.29, 1.82) is 0 Å². The zero-order chi connectivity index (χ0) is 14.8. The molecule has 5 nitrogen and oxygen atoms in total. The molecule has 0 radical (unpaired) electrons. The molecule has 6 heteroatoms. The molecule has 0 aliphatic carbocycles. The molecule has 3 rings (SSSR count). The van der Waals surface area contributed by atoms with Crippen LogP contribution in [0, 0.1) is 0 Å². The maximum Gasteiger partial charge on any atom is 0.255 e. The molecule has 1 aromatic heterocycles. The molecule has 1 aliphatic heterocycles. The Bertz CT molecular complexity index is 655. The summed E-state index contributed by atoms with van der Waals surface area (Å²) >= 11 is 6.13. The monoisotopic (exact) mass is 304 g/mol. The highest BCUT2D eigenvalue weighted by molar-refractivity contribution is 6.33. The summed E-state index contributed by atoms with van der Waals surface area (Å²) in [5.41, 5.74) is 0.567. The lowest BCUT2D eigenvalue weighted by Gasteiger charge is -2.32. The Morgan fingerprint density at radius 1 is 1.38 bits per heavy atom. The second kappa shape index (κ2) is 5.85. The number of aromatic nitrogens is 3. The highest BCUT2D eigenvalue weighted by Crippen LogP contribution is 2.27. The van der Waals surface area contributed by atoms with E-state index in [0.29, 0.717) is 17.1 Å². The number of carbonyl (C=O) groups is 1. The number of benzene rings is 1. The Labute approximate surface area is 128 Å². The van der Waals surface area contributed by atoms with E-state index in [4.69, 9.17) is 11.6 Å². The third-order valence-electron chi connectivity index (χ3n) is 3.92. The standard InChI is InChI=1S/C15H17ClN4O/c1-19-10-17-18-14(19)11-5-4-8-20(9-11)15(21)12-6-2-3-7-13(12)16/h2-3,6-7,10-11H,4-5,8-9H2,1H3/t11-/m0/s1. The van der Waals surface area contributed by atoms with Crippen LogP contribution in [-0.4, -0.2) is 38.7 Å². The molecule has 0 saturated carbocycles. The van der Waals surface area contributed by atoms with E-state index in [-0.39, 0.29) is 11.8 Å². The maximum absolute atomic E-state index is 12.6. The first kappa shape index (κ1) is 14.1. The molecule has 2 heterocycles. The normalized spacial score (nSPS) is 18.8. The zero-order valence-electron chi connectivity index (χ0n) is 11.9. The Kier molecular flexibility index (Phi) is 3.92. The van der Waals surface area contributed by atoms with E-state index < -0.39 is 0 Å². The van der Waals surface area contributed by atoms with Crippen LogP contribution in [0.1, 0.15) is 34.9 Å². The van der Waals surface area contributed by atoms with Crippen LogP contribution < -0.4 is 0 Å². The highest BCUT2D eigenvalue weighted by atomic mass is 35.5. The molecule has 1 aromatic carbocycles. The van der Waals surface area contributed by atoms with Crippen LogP contribution in [-0.2, 0) is 7.05 Å². The molecular weight excluding hydrogens is 288 g/mol. The van der Waals surface area contributed by atoms with Gasteiger partial charge in [-0.3, -0.25) is 4.79 Å². The first-order chi connectivity index (χ1) is 10.2. The molecule has 1 atom stereocenters. The number of likely N-dealkylation sites (tertiary alicyclic amines) is 1. The fourth-order valence-electron chi connectivity index (χ4n) is 2.84. The van der Waals surface area contributed by atoms with Crippen LogP contribution in [0.15, 0.2) is 30.6 Å². The number of hydrogen-bond donors (Lipinski definition) is 0. The van der Waals surface area contributed by atoms with Crippen LogP contribution >= 0.6 is 11.6 Å². The lowest BCUT2D eigenvalue weighted by Crippen LogP contribution is -2.39. The largest absolute Gasteiger partial charge is 0.338 e. The van der Waals surface area contributed by atoms with Gasteiger partial charge in [0.25, 0.3) is 5.91 Å². The molecule has 0 bridgehead atoms. The van der Waals surface area contributed by atoms with Gasteiger partial charge < -0.3 is 9.47 Å². The SMILES string of the molecule is Cn1cnnc1[C@H]1CCCN(C(=O)c2ccccc2Cl)C1. The lowest BCUT2D eigenvalue weighted by molar-refractivity contribution is 0.0703. The molecule has 1 fully saturated rings. The minimum Gasteiger partial charge on any atom is -0.338 e. The quantitative estimate of drug-likeness (QED) is 0.856. The summed E-state index contributed by atoms with van der Waals surface area (Å²) in [5, 5.41) is 8.60. The van der Waals surface area contributed by atoms with Crippen molar-refractivity contribution in [1.82, 2.24) is 19.7 Å². The van der Waals surface area contributed by atoms with E-state index >= 15 is 0 Å². The summed E-state index contributed by atoms with van der Waals surface area (Å²) in [7, 11) is 1.93. The third-order valence-corrected chi connectivity index (χ3v) is 4.25. The first-order valence-electron chi connectivity index (χ1n) is 7.04. The van der Waals surface area contributed by atoms with E-state index in [1.54, 1.807) is 18.5 Å². The first-order valence-corrected chi connectivity index (χ1v) is 7.42. The van der Waals surface area contributed by atoms with Crippen molar-refractivity contribution in [2.24, 2.45) is 7.05 Å². The van der Waals surface area contributed by atoms with Gasteiger partial charge in [-0.15, -0.1) is 10.2 Å². The second-order valence-electron chi connectivity index (χ2n) is 5.37. The number of hydrogen-bond acceptors (Lipinski definition) is 3. The molecule has 1 saturated heterocycles. The minimum absolute atomic E-state index is 0.00697. The highest BCUT2D eigenvalue weighted by Gasteiger charge is 2.28. The molecular formula is C15H17ClN4O. The second-order valence-corrected chi connectivity index (χ2v) is 5.78. The molecule has 0 spiro atoms. The van der Waals surface area contributed by atoms with Crippen molar-refractivity contribution in [2.75, 3.05) is 13.1 Å². The predicted octanol–water partition coefficient (Wildman–Crippen LogP) is 2.49. The summed E-state index contributed by atoms with van der Waals surface area (Å²) < 4.78 is 1.92. The van der Waals surface area contributed by atoms with Gasteiger partial charge in [-0.2, -0.15) is 0 Å². The van der Waals surface area contributed by atoms with Crippen LogP contribution in [0.5, 0.6) is 0 Å². The molecule has 21 heavy (non-hydrogen) atoms. The number of nitrogens with zero attached hydrogens (tertiary/aromatic N) is 4. The summed E-state index contributed by atoms with van der Waals surface area (Å²) in [6, 6.07) is 7.19. The van der Waals surface area contributed by atoms with E-state index in [9.17, 15) is 4.79 Å². The Balaban J connectivity index is 1.79. The third kappa shape index (κ3) is 2.78. The smallest absolute Gasteiger partial charge is 0.255 e. The van der Waals surface area contributed by atoms with Crippen LogP contribution in [0.25, 0.3) is 0 Å². The van der Waals surface area contributed by atoms with E-state index in [2.05, 4.69) is 10.2 Å². The van der Waals surface area contributed by atoms with Crippen molar-refractivity contribution >= 4 is 17.5 Å². The van der Waals surface area contributed by atoms with Gasteiger partial charge in [0.1, 0.15) is 12.2 Å². The van der Waals surface area contributed by atoms with Crippen LogP contribution in [0.2, 0.25) is 5.02 Å². The lowest BCUT2D eigenvalue weighted by atomic mass is 9.96. The number of aryl methyl sites for hydroxylation is 1. The maximum atomic E-state index is 12.6. The van der Waals surface area contributed by atoms with Gasteiger partial charge in [0, 0.05) is 26.1 Å². The minimum atomic E-state index is -0.00697. The molecule has 1 amide bonds. The predicted molar refractivity (Wildman–Crippen MR) is 80.3 cm³/mol. The Hall–Kier alpha value is -1.88. The van der Waals surface area contributed by atoms with Gasteiger partial charge in [-0.25, -0.2) is 0 Å². The fraction of sp³-hybridized carbons (Fsp3) is 0.400. The van der Waals surface area contributed by atoms with E-state index in [0.717, 1.165) is 25.2 Å². The average molecular weight is 305 g/mol. The summed E-state index contributed by atoms with van der Waals surface area (Å²) in [5.74, 6) is 1.16. The van der Waals surface area contributed by atoms with Gasteiger partial charge in [-0.05, 0) is 25.0 Å². The Morgan fingerprint density at radius 2 is 2.19 bits per heavy atom. The number of amides is 1. The average Bonchev–Trinajstić information content (AvgIpc) is 2.93. The van der Waals surface area contributed by atoms with Gasteiger partial charge in [-0.1, -0.05) is 23.7 Å². The molecule has 110 valence electrons. The molecule has 1 aliphatic rings. The van der Waals surface area contributed by atoms with Crippen molar-refractivity contribution in [3.63, 3.8) is 0 Å². The van der Waals surface area contributed by atoms with E-state index in [1.165, 1.54) is 0 Å². The number of piperidine rings is 1. The van der Waals surface area contributed by atoms with Crippen molar-refractivity contribution < 1.29 is 4.79 Å². The topological polar surface area (TPSA) is 51.0 Å². The molecule has 2 aromatic rings. The van der Waals surface area contributed by atoms with E-state index in [1.807, 2.05) is 28.6 Å². The Morgan fingerprint density at radius 3 is 2.90 bits per heavy atom. The number of halogens is 1. The summed E-state index contributed by atoms with van der Waals surface area (Å²) in [6.45, 7) is 1.43.